The van der Waals surface area contributed by atoms with E-state index in [9.17, 15) is 4.79 Å². The lowest BCUT2D eigenvalue weighted by molar-refractivity contribution is -0.133. The zero-order valence-corrected chi connectivity index (χ0v) is 11.2. The quantitative estimate of drug-likeness (QED) is 0.892. The third-order valence-electron chi connectivity index (χ3n) is 3.54. The lowest BCUT2D eigenvalue weighted by Gasteiger charge is -2.30. The number of carbonyl (C=O) groups excluding carboxylic acids is 1. The zero-order chi connectivity index (χ0) is 13.7. The Kier molecular flexibility index (Phi) is 4.53. The minimum Gasteiger partial charge on any atom is -0.340 e. The van der Waals surface area contributed by atoms with Gasteiger partial charge in [-0.15, -0.1) is 0 Å². The molecule has 1 heterocycles. The minimum atomic E-state index is -0.261. The Morgan fingerprint density at radius 3 is 3.05 bits per heavy atom. The summed E-state index contributed by atoms with van der Waals surface area (Å²) in [6, 6.07) is 9.92. The number of nitrogens with one attached hydrogen (secondary N) is 1. The molecule has 1 aliphatic rings. The summed E-state index contributed by atoms with van der Waals surface area (Å²) < 4.78 is 0. The van der Waals surface area contributed by atoms with Crippen molar-refractivity contribution in [2.75, 3.05) is 19.6 Å². The van der Waals surface area contributed by atoms with Crippen LogP contribution in [-0.4, -0.2) is 30.4 Å². The molecule has 1 amide bonds. The first kappa shape index (κ1) is 13.6. The predicted octanol–water partition coefficient (Wildman–Crippen LogP) is 1.64. The van der Waals surface area contributed by atoms with E-state index in [4.69, 9.17) is 5.26 Å². The molecule has 2 rings (SSSR count). The molecule has 0 aromatic heterocycles. The Morgan fingerprint density at radius 2 is 2.32 bits per heavy atom. The molecule has 0 radical (unpaired) electrons. The van der Waals surface area contributed by atoms with Gasteiger partial charge in [-0.3, -0.25) is 4.79 Å². The van der Waals surface area contributed by atoms with Crippen molar-refractivity contribution in [3.05, 3.63) is 35.4 Å². The van der Waals surface area contributed by atoms with Crippen LogP contribution in [0.5, 0.6) is 0 Å². The van der Waals surface area contributed by atoms with Crippen LogP contribution in [0.2, 0.25) is 0 Å². The molecule has 1 aromatic rings. The molecule has 100 valence electrons. The second-order valence-electron chi connectivity index (χ2n) is 4.66. The molecule has 19 heavy (non-hydrogen) atoms. The van der Waals surface area contributed by atoms with Crippen molar-refractivity contribution in [3.8, 4) is 6.07 Å². The Labute approximate surface area is 114 Å². The topological polar surface area (TPSA) is 56.1 Å². The molecule has 0 saturated carbocycles. The maximum atomic E-state index is 12.6. The Balaban J connectivity index is 2.18. The van der Waals surface area contributed by atoms with Gasteiger partial charge in [-0.25, -0.2) is 0 Å². The molecule has 4 heteroatoms. The van der Waals surface area contributed by atoms with E-state index in [1.807, 2.05) is 25.1 Å². The summed E-state index contributed by atoms with van der Waals surface area (Å²) in [5.41, 5.74) is 2.32. The summed E-state index contributed by atoms with van der Waals surface area (Å²) in [6.45, 7) is 3.92. The monoisotopic (exact) mass is 257 g/mol. The number of amides is 1. The first-order valence-corrected chi connectivity index (χ1v) is 6.74. The van der Waals surface area contributed by atoms with E-state index in [-0.39, 0.29) is 11.9 Å². The van der Waals surface area contributed by atoms with Gasteiger partial charge in [-0.05, 0) is 24.5 Å². The van der Waals surface area contributed by atoms with Crippen LogP contribution in [0.1, 0.15) is 30.5 Å². The summed E-state index contributed by atoms with van der Waals surface area (Å²) in [7, 11) is 0. The number of carbonyl (C=O) groups is 1. The average Bonchev–Trinajstić information content (AvgIpc) is 2.47. The fraction of sp³-hybridized carbons (Fsp3) is 0.467. The zero-order valence-electron chi connectivity index (χ0n) is 11.2. The number of hydrogen-bond donors (Lipinski definition) is 1. The highest BCUT2D eigenvalue weighted by molar-refractivity contribution is 5.84. The van der Waals surface area contributed by atoms with Gasteiger partial charge in [0.1, 0.15) is 6.04 Å². The highest BCUT2D eigenvalue weighted by Crippen LogP contribution is 2.24. The normalized spacial score (nSPS) is 17.4. The van der Waals surface area contributed by atoms with Gasteiger partial charge in [0.25, 0.3) is 0 Å². The molecule has 0 spiro atoms. The predicted molar refractivity (Wildman–Crippen MR) is 73.4 cm³/mol. The van der Waals surface area contributed by atoms with E-state index < -0.39 is 0 Å². The number of nitrogens with zero attached hydrogens (tertiary/aromatic N) is 2. The molecule has 1 atom stereocenters. The van der Waals surface area contributed by atoms with E-state index in [1.165, 1.54) is 5.56 Å². The molecule has 0 bridgehead atoms. The second-order valence-corrected chi connectivity index (χ2v) is 4.66. The second kappa shape index (κ2) is 6.35. The number of nitriles is 1. The first-order valence-electron chi connectivity index (χ1n) is 6.74. The van der Waals surface area contributed by atoms with E-state index in [1.54, 1.807) is 4.90 Å². The SMILES string of the molecule is CCN(CCC#N)C(=O)C1NCCc2ccccc21. The van der Waals surface area contributed by atoms with Crippen molar-refractivity contribution in [2.45, 2.75) is 25.8 Å². The van der Waals surface area contributed by atoms with Crippen LogP contribution in [0.25, 0.3) is 0 Å². The number of hydrogen-bond acceptors (Lipinski definition) is 3. The average molecular weight is 257 g/mol. The summed E-state index contributed by atoms with van der Waals surface area (Å²) in [5, 5.41) is 11.9. The van der Waals surface area contributed by atoms with Crippen molar-refractivity contribution in [1.29, 1.82) is 5.26 Å². The Hall–Kier alpha value is -1.86. The van der Waals surface area contributed by atoms with Crippen molar-refractivity contribution in [3.63, 3.8) is 0 Å². The van der Waals surface area contributed by atoms with Gasteiger partial charge in [0.2, 0.25) is 5.91 Å². The smallest absolute Gasteiger partial charge is 0.244 e. The standard InChI is InChI=1S/C15H19N3O/c1-2-18(11-5-9-16)15(19)14-13-7-4-3-6-12(13)8-10-17-14/h3-4,6-7,14,17H,2,5,8,10-11H2,1H3. The maximum Gasteiger partial charge on any atom is 0.244 e. The first-order chi connectivity index (χ1) is 9.27. The van der Waals surface area contributed by atoms with Crippen molar-refractivity contribution < 1.29 is 4.79 Å². The van der Waals surface area contributed by atoms with Gasteiger partial charge in [0, 0.05) is 19.6 Å². The highest BCUT2D eigenvalue weighted by atomic mass is 16.2. The van der Waals surface area contributed by atoms with Crippen LogP contribution < -0.4 is 5.32 Å². The van der Waals surface area contributed by atoms with Gasteiger partial charge in [0.05, 0.1) is 12.5 Å². The van der Waals surface area contributed by atoms with Crippen LogP contribution in [-0.2, 0) is 11.2 Å². The molecule has 4 nitrogen and oxygen atoms in total. The lowest BCUT2D eigenvalue weighted by Crippen LogP contribution is -2.44. The molecule has 1 unspecified atom stereocenters. The summed E-state index contributed by atoms with van der Waals surface area (Å²) >= 11 is 0. The van der Waals surface area contributed by atoms with E-state index in [2.05, 4.69) is 17.5 Å². The summed E-state index contributed by atoms with van der Waals surface area (Å²) in [6.07, 6.45) is 1.35. The van der Waals surface area contributed by atoms with Crippen LogP contribution in [0.4, 0.5) is 0 Å². The van der Waals surface area contributed by atoms with Crippen molar-refractivity contribution in [1.82, 2.24) is 10.2 Å². The van der Waals surface area contributed by atoms with Gasteiger partial charge in [0.15, 0.2) is 0 Å². The fourth-order valence-corrected chi connectivity index (χ4v) is 2.52. The molecule has 0 aliphatic carbocycles. The molecular weight excluding hydrogens is 238 g/mol. The highest BCUT2D eigenvalue weighted by Gasteiger charge is 2.28. The van der Waals surface area contributed by atoms with Crippen molar-refractivity contribution >= 4 is 5.91 Å². The summed E-state index contributed by atoms with van der Waals surface area (Å²) in [5.74, 6) is 0.0740. The molecule has 1 N–H and O–H groups in total. The third-order valence-corrected chi connectivity index (χ3v) is 3.54. The molecule has 0 fully saturated rings. The van der Waals surface area contributed by atoms with Gasteiger partial charge >= 0.3 is 0 Å². The van der Waals surface area contributed by atoms with E-state index in [0.29, 0.717) is 19.5 Å². The van der Waals surface area contributed by atoms with Crippen LogP contribution in [0.3, 0.4) is 0 Å². The number of rotatable bonds is 4. The Morgan fingerprint density at radius 1 is 1.53 bits per heavy atom. The Bertz CT molecular complexity index is 492. The molecule has 1 aromatic carbocycles. The van der Waals surface area contributed by atoms with E-state index >= 15 is 0 Å². The summed E-state index contributed by atoms with van der Waals surface area (Å²) in [4.78, 5) is 14.3. The third kappa shape index (κ3) is 2.94. The minimum absolute atomic E-state index is 0.0740. The van der Waals surface area contributed by atoms with E-state index in [0.717, 1.165) is 18.5 Å². The molecular formula is C15H19N3O. The largest absolute Gasteiger partial charge is 0.340 e. The van der Waals surface area contributed by atoms with Crippen LogP contribution >= 0.6 is 0 Å². The van der Waals surface area contributed by atoms with Crippen LogP contribution in [0, 0.1) is 11.3 Å². The van der Waals surface area contributed by atoms with Gasteiger partial charge in [-0.2, -0.15) is 5.26 Å². The van der Waals surface area contributed by atoms with Gasteiger partial charge < -0.3 is 10.2 Å². The fourth-order valence-electron chi connectivity index (χ4n) is 2.52. The van der Waals surface area contributed by atoms with Gasteiger partial charge in [-0.1, -0.05) is 24.3 Å². The molecule has 1 aliphatic heterocycles. The number of fused-ring (bicyclic) bond motifs is 1. The molecule has 0 saturated heterocycles. The number of likely N-dealkylation sites (N-methyl/N-ethyl adjacent to an activating group) is 1. The lowest BCUT2D eigenvalue weighted by atomic mass is 9.93. The number of benzene rings is 1. The maximum absolute atomic E-state index is 12.6. The van der Waals surface area contributed by atoms with Crippen LogP contribution in [0.15, 0.2) is 24.3 Å². The van der Waals surface area contributed by atoms with Crippen molar-refractivity contribution in [2.24, 2.45) is 0 Å².